The lowest BCUT2D eigenvalue weighted by atomic mass is 10.1. The van der Waals surface area contributed by atoms with Crippen LogP contribution in [-0.2, 0) is 0 Å². The van der Waals surface area contributed by atoms with Gasteiger partial charge in [0.2, 0.25) is 0 Å². The van der Waals surface area contributed by atoms with Gasteiger partial charge >= 0.3 is 0 Å². The van der Waals surface area contributed by atoms with Gasteiger partial charge in [0, 0.05) is 10.8 Å². The van der Waals surface area contributed by atoms with Gasteiger partial charge in [0.25, 0.3) is 0 Å². The van der Waals surface area contributed by atoms with Gasteiger partial charge in [-0.25, -0.2) is 4.98 Å². The van der Waals surface area contributed by atoms with Gasteiger partial charge in [0.05, 0.1) is 19.7 Å². The van der Waals surface area contributed by atoms with Crippen molar-refractivity contribution in [3.63, 3.8) is 0 Å². The monoisotopic (exact) mass is 239 g/mol. The number of hydrogen-bond acceptors (Lipinski definition) is 3. The van der Waals surface area contributed by atoms with Gasteiger partial charge < -0.3 is 9.47 Å². The molecule has 18 heavy (non-hydrogen) atoms. The van der Waals surface area contributed by atoms with Crippen molar-refractivity contribution >= 4 is 21.8 Å². The van der Waals surface area contributed by atoms with Crippen LogP contribution in [-0.4, -0.2) is 19.2 Å². The number of ether oxygens (including phenoxy) is 2. The van der Waals surface area contributed by atoms with Gasteiger partial charge in [0.15, 0.2) is 11.5 Å². The molecule has 0 saturated carbocycles. The molecular formula is C15H13NO2. The lowest BCUT2D eigenvalue weighted by molar-refractivity contribution is 0.358. The minimum atomic E-state index is 0.681. The third-order valence-corrected chi connectivity index (χ3v) is 3.03. The average molecular weight is 239 g/mol. The minimum Gasteiger partial charge on any atom is -0.493 e. The minimum absolute atomic E-state index is 0.681. The molecule has 3 rings (SSSR count). The molecule has 2 aromatic carbocycles. The molecule has 3 aromatic rings. The van der Waals surface area contributed by atoms with Gasteiger partial charge in [0.1, 0.15) is 5.52 Å². The van der Waals surface area contributed by atoms with Gasteiger partial charge in [-0.1, -0.05) is 18.2 Å². The number of para-hydroxylation sites is 1. The van der Waals surface area contributed by atoms with Gasteiger partial charge in [-0.05, 0) is 24.3 Å². The Morgan fingerprint density at radius 2 is 1.72 bits per heavy atom. The van der Waals surface area contributed by atoms with Crippen molar-refractivity contribution in [3.05, 3.63) is 42.5 Å². The molecule has 0 fully saturated rings. The third-order valence-electron chi connectivity index (χ3n) is 3.03. The zero-order valence-corrected chi connectivity index (χ0v) is 10.3. The number of benzene rings is 2. The first-order valence-corrected chi connectivity index (χ1v) is 5.74. The number of methoxy groups -OCH3 is 2. The largest absolute Gasteiger partial charge is 0.493 e. The Hall–Kier alpha value is -2.29. The predicted molar refractivity (Wildman–Crippen MR) is 72.4 cm³/mol. The van der Waals surface area contributed by atoms with Crippen LogP contribution >= 0.6 is 0 Å². The Morgan fingerprint density at radius 1 is 0.889 bits per heavy atom. The van der Waals surface area contributed by atoms with Crippen molar-refractivity contribution < 1.29 is 9.47 Å². The highest BCUT2D eigenvalue weighted by Crippen LogP contribution is 2.35. The Balaban J connectivity index is 2.42. The summed E-state index contributed by atoms with van der Waals surface area (Å²) in [5, 5.41) is 2.17. The van der Waals surface area contributed by atoms with Crippen molar-refractivity contribution in [2.45, 2.75) is 0 Å². The summed E-state index contributed by atoms with van der Waals surface area (Å²) in [5.74, 6) is 1.38. The fourth-order valence-corrected chi connectivity index (χ4v) is 2.16. The fraction of sp³-hybridized carbons (Fsp3) is 0.133. The lowest BCUT2D eigenvalue weighted by Crippen LogP contribution is -1.93. The van der Waals surface area contributed by atoms with E-state index in [1.54, 1.807) is 14.2 Å². The Kier molecular flexibility index (Phi) is 2.52. The maximum atomic E-state index is 5.41. The Labute approximate surface area is 105 Å². The lowest BCUT2D eigenvalue weighted by Gasteiger charge is -2.10. The van der Waals surface area contributed by atoms with E-state index in [-0.39, 0.29) is 0 Å². The molecule has 0 spiro atoms. The van der Waals surface area contributed by atoms with E-state index in [0.29, 0.717) is 11.5 Å². The Morgan fingerprint density at radius 3 is 2.50 bits per heavy atom. The van der Waals surface area contributed by atoms with Gasteiger partial charge in [-0.2, -0.15) is 0 Å². The SMILES string of the molecule is COc1ccc2cc3ccccc3nc2c1OC. The molecule has 90 valence electrons. The maximum Gasteiger partial charge on any atom is 0.187 e. The summed E-state index contributed by atoms with van der Waals surface area (Å²) in [7, 11) is 3.26. The molecule has 0 saturated heterocycles. The highest BCUT2D eigenvalue weighted by Gasteiger charge is 2.10. The van der Waals surface area contributed by atoms with E-state index in [4.69, 9.17) is 9.47 Å². The van der Waals surface area contributed by atoms with Crippen LogP contribution in [0.25, 0.3) is 21.8 Å². The summed E-state index contributed by atoms with van der Waals surface area (Å²) in [6.45, 7) is 0. The van der Waals surface area contributed by atoms with Crippen LogP contribution in [0, 0.1) is 0 Å². The van der Waals surface area contributed by atoms with Crippen LogP contribution in [0.1, 0.15) is 0 Å². The molecule has 3 heteroatoms. The van der Waals surface area contributed by atoms with Crippen molar-refractivity contribution in [1.29, 1.82) is 0 Å². The molecule has 1 aromatic heterocycles. The Bertz CT molecular complexity index is 722. The number of nitrogens with zero attached hydrogens (tertiary/aromatic N) is 1. The average Bonchev–Trinajstić information content (AvgIpc) is 2.43. The summed E-state index contributed by atoms with van der Waals surface area (Å²) in [5.41, 5.74) is 1.78. The van der Waals surface area contributed by atoms with E-state index in [9.17, 15) is 0 Å². The second kappa shape index (κ2) is 4.18. The van der Waals surface area contributed by atoms with Crippen LogP contribution in [0.15, 0.2) is 42.5 Å². The molecular weight excluding hydrogens is 226 g/mol. The van der Waals surface area contributed by atoms with Gasteiger partial charge in [-0.15, -0.1) is 0 Å². The number of hydrogen-bond donors (Lipinski definition) is 0. The molecule has 0 aliphatic heterocycles. The maximum absolute atomic E-state index is 5.41. The van der Waals surface area contributed by atoms with Crippen LogP contribution in [0.5, 0.6) is 11.5 Å². The van der Waals surface area contributed by atoms with E-state index in [1.165, 1.54) is 0 Å². The van der Waals surface area contributed by atoms with Crippen molar-refractivity contribution in [2.75, 3.05) is 14.2 Å². The number of pyridine rings is 1. The molecule has 1 heterocycles. The highest BCUT2D eigenvalue weighted by molar-refractivity contribution is 5.96. The summed E-state index contributed by atoms with van der Waals surface area (Å²) < 4.78 is 10.7. The molecule has 0 N–H and O–H groups in total. The van der Waals surface area contributed by atoms with E-state index >= 15 is 0 Å². The molecule has 0 radical (unpaired) electrons. The van der Waals surface area contributed by atoms with Crippen LogP contribution < -0.4 is 9.47 Å². The van der Waals surface area contributed by atoms with Crippen molar-refractivity contribution in [2.24, 2.45) is 0 Å². The third kappa shape index (κ3) is 1.56. The zero-order valence-electron chi connectivity index (χ0n) is 10.3. The van der Waals surface area contributed by atoms with Crippen molar-refractivity contribution in [3.8, 4) is 11.5 Å². The van der Waals surface area contributed by atoms with Gasteiger partial charge in [-0.3, -0.25) is 0 Å². The smallest absolute Gasteiger partial charge is 0.187 e. The first-order valence-electron chi connectivity index (χ1n) is 5.74. The van der Waals surface area contributed by atoms with E-state index in [0.717, 1.165) is 21.8 Å². The molecule has 0 aliphatic rings. The molecule has 3 nitrogen and oxygen atoms in total. The first-order chi connectivity index (χ1) is 8.83. The van der Waals surface area contributed by atoms with E-state index < -0.39 is 0 Å². The quantitative estimate of drug-likeness (QED) is 0.642. The first kappa shape index (κ1) is 10.8. The highest BCUT2D eigenvalue weighted by atomic mass is 16.5. The zero-order chi connectivity index (χ0) is 12.5. The topological polar surface area (TPSA) is 31.4 Å². The van der Waals surface area contributed by atoms with Crippen LogP contribution in [0.3, 0.4) is 0 Å². The summed E-state index contributed by atoms with van der Waals surface area (Å²) >= 11 is 0. The number of rotatable bonds is 2. The van der Waals surface area contributed by atoms with Crippen molar-refractivity contribution in [1.82, 2.24) is 4.98 Å². The van der Waals surface area contributed by atoms with Crippen LogP contribution in [0.4, 0.5) is 0 Å². The molecule has 0 amide bonds. The summed E-state index contributed by atoms with van der Waals surface area (Å²) in [6, 6.07) is 14.0. The normalized spacial score (nSPS) is 10.8. The second-order valence-corrected chi connectivity index (χ2v) is 4.05. The predicted octanol–water partition coefficient (Wildman–Crippen LogP) is 3.41. The number of aromatic nitrogens is 1. The van der Waals surface area contributed by atoms with E-state index in [2.05, 4.69) is 17.1 Å². The number of fused-ring (bicyclic) bond motifs is 2. The molecule has 0 unspecified atom stereocenters. The molecule has 0 aliphatic carbocycles. The van der Waals surface area contributed by atoms with Crippen LogP contribution in [0.2, 0.25) is 0 Å². The summed E-state index contributed by atoms with van der Waals surface area (Å²) in [6.07, 6.45) is 0. The van der Waals surface area contributed by atoms with E-state index in [1.807, 2.05) is 30.3 Å². The second-order valence-electron chi connectivity index (χ2n) is 4.05. The summed E-state index contributed by atoms with van der Waals surface area (Å²) in [4.78, 5) is 4.65. The molecule has 0 bridgehead atoms. The standard InChI is InChI=1S/C15H13NO2/c1-17-13-8-7-11-9-10-5-3-4-6-12(10)16-14(11)15(13)18-2/h3-9H,1-2H3. The fourth-order valence-electron chi connectivity index (χ4n) is 2.16. The molecule has 0 atom stereocenters.